The number of allylic oxidation sites excluding steroid dienone is 2. The van der Waals surface area contributed by atoms with Crippen molar-refractivity contribution in [3.63, 3.8) is 0 Å². The van der Waals surface area contributed by atoms with Crippen molar-refractivity contribution >= 4 is 11.6 Å². The molecule has 4 aromatic rings. The molecule has 33 heavy (non-hydrogen) atoms. The van der Waals surface area contributed by atoms with Gasteiger partial charge < -0.3 is 5.32 Å². The Balaban J connectivity index is 1.51. The van der Waals surface area contributed by atoms with Gasteiger partial charge in [0, 0.05) is 23.6 Å². The Bertz CT molecular complexity index is 1430. The van der Waals surface area contributed by atoms with Crippen LogP contribution < -0.4 is 10.9 Å². The molecular weight excluding hydrogens is 410 g/mol. The number of rotatable bonds is 3. The third-order valence-electron chi connectivity index (χ3n) is 6.60. The van der Waals surface area contributed by atoms with Gasteiger partial charge in [-0.3, -0.25) is 14.7 Å². The molecule has 3 aromatic carbocycles. The number of ketones is 1. The van der Waals surface area contributed by atoms with Gasteiger partial charge in [0.25, 0.3) is 5.56 Å². The molecule has 1 aliphatic carbocycles. The highest BCUT2D eigenvalue weighted by Crippen LogP contribution is 2.43. The van der Waals surface area contributed by atoms with Crippen LogP contribution in [0.3, 0.4) is 0 Å². The van der Waals surface area contributed by atoms with Crippen LogP contribution in [0.15, 0.2) is 101 Å². The molecule has 2 heterocycles. The van der Waals surface area contributed by atoms with Crippen molar-refractivity contribution in [3.8, 4) is 16.8 Å². The van der Waals surface area contributed by atoms with Crippen LogP contribution >= 0.6 is 0 Å². The predicted octanol–water partition coefficient (Wildman–Crippen LogP) is 5.40. The van der Waals surface area contributed by atoms with Gasteiger partial charge in [0.15, 0.2) is 5.78 Å². The molecule has 0 radical (unpaired) electrons. The van der Waals surface area contributed by atoms with Gasteiger partial charge >= 0.3 is 0 Å². The van der Waals surface area contributed by atoms with Crippen molar-refractivity contribution in [1.29, 1.82) is 0 Å². The quantitative estimate of drug-likeness (QED) is 0.455. The van der Waals surface area contributed by atoms with E-state index in [4.69, 9.17) is 0 Å². The van der Waals surface area contributed by atoms with E-state index in [1.54, 1.807) is 4.68 Å². The molecule has 5 heteroatoms. The molecule has 5 nitrogen and oxygen atoms in total. The van der Waals surface area contributed by atoms with Crippen molar-refractivity contribution in [3.05, 3.63) is 118 Å². The van der Waals surface area contributed by atoms with E-state index in [2.05, 4.69) is 34.7 Å². The molecule has 2 aliphatic rings. The van der Waals surface area contributed by atoms with E-state index in [0.29, 0.717) is 17.8 Å². The van der Waals surface area contributed by atoms with Gasteiger partial charge in [-0.1, -0.05) is 72.8 Å². The van der Waals surface area contributed by atoms with E-state index < -0.39 is 0 Å². The summed E-state index contributed by atoms with van der Waals surface area (Å²) in [6.45, 7) is 0. The van der Waals surface area contributed by atoms with E-state index >= 15 is 0 Å². The average Bonchev–Trinajstić information content (AvgIpc) is 3.20. The van der Waals surface area contributed by atoms with Crippen LogP contribution in [0.4, 0.5) is 5.82 Å². The van der Waals surface area contributed by atoms with Gasteiger partial charge in [0.1, 0.15) is 5.82 Å². The van der Waals surface area contributed by atoms with Crippen molar-refractivity contribution in [2.24, 2.45) is 0 Å². The fourth-order valence-electron chi connectivity index (χ4n) is 5.03. The van der Waals surface area contributed by atoms with Gasteiger partial charge in [-0.25, -0.2) is 4.68 Å². The number of hydrogen-bond donors (Lipinski definition) is 2. The Morgan fingerprint density at radius 2 is 1.42 bits per heavy atom. The summed E-state index contributed by atoms with van der Waals surface area (Å²) >= 11 is 0. The van der Waals surface area contributed by atoms with Crippen LogP contribution in [-0.4, -0.2) is 15.6 Å². The zero-order valence-electron chi connectivity index (χ0n) is 18.0. The Morgan fingerprint density at radius 1 is 0.758 bits per heavy atom. The number of nitrogens with zero attached hydrogens (tertiary/aromatic N) is 1. The van der Waals surface area contributed by atoms with Gasteiger partial charge in [-0.05, 0) is 41.7 Å². The molecule has 0 amide bonds. The first-order valence-electron chi connectivity index (χ1n) is 11.3. The van der Waals surface area contributed by atoms with Crippen LogP contribution in [0.5, 0.6) is 0 Å². The largest absolute Gasteiger partial charge is 0.343 e. The molecule has 162 valence electrons. The van der Waals surface area contributed by atoms with E-state index in [0.717, 1.165) is 46.5 Å². The van der Waals surface area contributed by atoms with Crippen LogP contribution in [-0.2, 0) is 4.79 Å². The Hall–Kier alpha value is -4.12. The number of anilines is 1. The maximum atomic E-state index is 13.6. The summed E-state index contributed by atoms with van der Waals surface area (Å²) in [5.41, 5.74) is 6.09. The predicted molar refractivity (Wildman–Crippen MR) is 130 cm³/mol. The van der Waals surface area contributed by atoms with Gasteiger partial charge in [0.2, 0.25) is 0 Å². The number of benzene rings is 3. The number of hydrogen-bond acceptors (Lipinski definition) is 3. The minimum absolute atomic E-state index is 0.124. The molecule has 1 aliphatic heterocycles. The van der Waals surface area contributed by atoms with Gasteiger partial charge in [0.05, 0.1) is 11.3 Å². The molecule has 0 saturated carbocycles. The lowest BCUT2D eigenvalue weighted by atomic mass is 9.76. The number of H-pyrrole nitrogens is 1. The number of aromatic amines is 1. The lowest BCUT2D eigenvalue weighted by Gasteiger charge is -2.31. The molecule has 0 bridgehead atoms. The Morgan fingerprint density at radius 3 is 2.15 bits per heavy atom. The van der Waals surface area contributed by atoms with Crippen LogP contribution in [0.1, 0.15) is 36.3 Å². The third kappa shape index (κ3) is 3.24. The van der Waals surface area contributed by atoms with Crippen molar-refractivity contribution in [2.45, 2.75) is 25.2 Å². The van der Waals surface area contributed by atoms with Crippen LogP contribution in [0.2, 0.25) is 0 Å². The Kier molecular flexibility index (Phi) is 4.61. The normalized spacial score (nSPS) is 17.3. The molecule has 0 saturated heterocycles. The van der Waals surface area contributed by atoms with E-state index in [-0.39, 0.29) is 17.3 Å². The highest BCUT2D eigenvalue weighted by Gasteiger charge is 2.38. The number of nitrogens with one attached hydrogen (secondary N) is 2. The summed E-state index contributed by atoms with van der Waals surface area (Å²) in [6, 6.07) is 28.0. The first-order valence-corrected chi connectivity index (χ1v) is 11.3. The number of aromatic nitrogens is 2. The minimum atomic E-state index is -0.386. The lowest BCUT2D eigenvalue weighted by molar-refractivity contribution is -0.116. The minimum Gasteiger partial charge on any atom is -0.343 e. The first kappa shape index (κ1) is 19.6. The highest BCUT2D eigenvalue weighted by molar-refractivity contribution is 6.01. The molecular formula is C28H23N3O2. The van der Waals surface area contributed by atoms with Gasteiger partial charge in [-0.2, -0.15) is 0 Å². The molecule has 0 spiro atoms. The highest BCUT2D eigenvalue weighted by atomic mass is 16.1. The summed E-state index contributed by atoms with van der Waals surface area (Å²) in [4.78, 5) is 26.7. The number of fused-ring (bicyclic) bond motifs is 1. The van der Waals surface area contributed by atoms with E-state index in [9.17, 15) is 9.59 Å². The third-order valence-corrected chi connectivity index (χ3v) is 6.60. The maximum absolute atomic E-state index is 13.6. The fourth-order valence-corrected chi connectivity index (χ4v) is 5.03. The lowest BCUT2D eigenvalue weighted by Crippen LogP contribution is -2.29. The number of carbonyl (C=O) groups is 1. The zero-order valence-corrected chi connectivity index (χ0v) is 18.0. The summed E-state index contributed by atoms with van der Waals surface area (Å²) in [5.74, 6) is 0.412. The summed E-state index contributed by atoms with van der Waals surface area (Å²) in [6.07, 6.45) is 2.15. The number of para-hydroxylation sites is 1. The average molecular weight is 434 g/mol. The van der Waals surface area contributed by atoms with Crippen molar-refractivity contribution < 1.29 is 4.79 Å². The van der Waals surface area contributed by atoms with Crippen LogP contribution in [0, 0.1) is 0 Å². The van der Waals surface area contributed by atoms with E-state index in [1.807, 2.05) is 60.7 Å². The molecule has 0 fully saturated rings. The molecule has 1 aromatic heterocycles. The molecule has 2 N–H and O–H groups in total. The second kappa shape index (κ2) is 7.78. The van der Waals surface area contributed by atoms with Gasteiger partial charge in [-0.15, -0.1) is 0 Å². The smallest absolute Gasteiger partial charge is 0.277 e. The van der Waals surface area contributed by atoms with Crippen LogP contribution in [0.25, 0.3) is 16.8 Å². The standard InChI is InChI=1S/C28H23N3O2/c32-23-13-7-12-22-25(23)24(20-16-14-19(15-17-20)18-8-3-1-4-9-18)26-27(29-22)30-31(28(26)33)21-10-5-2-6-11-21/h1-6,8-11,14-17,24,29-30H,7,12-13H2. The first-order chi connectivity index (χ1) is 16.2. The molecule has 1 unspecified atom stereocenters. The summed E-state index contributed by atoms with van der Waals surface area (Å²) in [5, 5.41) is 6.63. The second-order valence-electron chi connectivity index (χ2n) is 8.59. The second-order valence-corrected chi connectivity index (χ2v) is 8.59. The number of carbonyl (C=O) groups excluding carboxylic acids is 1. The molecule has 6 rings (SSSR count). The topological polar surface area (TPSA) is 66.9 Å². The van der Waals surface area contributed by atoms with Crippen molar-refractivity contribution in [1.82, 2.24) is 9.78 Å². The summed E-state index contributed by atoms with van der Waals surface area (Å²) < 4.78 is 1.56. The Labute approximate surface area is 191 Å². The SMILES string of the molecule is O=C1CCCC2=C1C(c1ccc(-c3ccccc3)cc1)c1c([nH]n(-c3ccccc3)c1=O)N2. The monoisotopic (exact) mass is 433 g/mol. The molecule has 1 atom stereocenters. The van der Waals surface area contributed by atoms with Crippen molar-refractivity contribution in [2.75, 3.05) is 5.32 Å². The summed E-state index contributed by atoms with van der Waals surface area (Å²) in [7, 11) is 0. The zero-order chi connectivity index (χ0) is 22.4. The fraction of sp³-hybridized carbons (Fsp3) is 0.143. The maximum Gasteiger partial charge on any atom is 0.277 e. The van der Waals surface area contributed by atoms with E-state index in [1.165, 1.54) is 0 Å². The number of Topliss-reactive ketones (excluding diaryl/α,β-unsaturated/α-hetero) is 1.